The van der Waals surface area contributed by atoms with Crippen molar-refractivity contribution in [1.29, 1.82) is 0 Å². The summed E-state index contributed by atoms with van der Waals surface area (Å²) in [5.41, 5.74) is 10.6. The zero-order valence-electron chi connectivity index (χ0n) is 30.8. The molecule has 0 saturated heterocycles. The Morgan fingerprint density at radius 1 is 0.291 bits per heavy atom. The molecular weight excluding hydrogens is 661 g/mol. The third kappa shape index (κ3) is 4.06. The maximum absolute atomic E-state index is 2.45. The Hall–Kier alpha value is -6.76. The summed E-state index contributed by atoms with van der Waals surface area (Å²) in [6.07, 6.45) is 0. The van der Waals surface area contributed by atoms with Crippen LogP contribution >= 0.6 is 0 Å². The Balaban J connectivity index is 1.23. The van der Waals surface area contributed by atoms with E-state index in [0.717, 1.165) is 0 Å². The average Bonchev–Trinajstić information content (AvgIpc) is 3.49. The summed E-state index contributed by atoms with van der Waals surface area (Å²) in [4.78, 5) is 0. The van der Waals surface area contributed by atoms with Crippen molar-refractivity contribution < 1.29 is 0 Å². The van der Waals surface area contributed by atoms with Crippen LogP contribution in [-0.2, 0) is 5.41 Å². The van der Waals surface area contributed by atoms with Gasteiger partial charge in [0.1, 0.15) is 0 Å². The van der Waals surface area contributed by atoms with E-state index >= 15 is 0 Å². The Morgan fingerprint density at radius 2 is 0.745 bits per heavy atom. The molecule has 0 amide bonds. The molecule has 1 aliphatic rings. The molecule has 0 nitrogen and oxygen atoms in total. The molecule has 0 heterocycles. The molecule has 0 atom stereocenters. The third-order valence-electron chi connectivity index (χ3n) is 12.8. The lowest BCUT2D eigenvalue weighted by Gasteiger charge is -2.24. The van der Waals surface area contributed by atoms with Gasteiger partial charge in [0.2, 0.25) is 0 Å². The molecule has 0 aromatic heterocycles. The molecule has 0 radical (unpaired) electrons. The van der Waals surface area contributed by atoms with Crippen molar-refractivity contribution in [2.45, 2.75) is 19.3 Å². The SMILES string of the molecule is CC1(C)c2cccc(-c3c4ccccc4c(-c4cc5ccc6ccccc6c5c5ccccc45)c4ccccc34)c2-c2c1c1ccccc1c1ccccc21. The minimum absolute atomic E-state index is 0.177. The van der Waals surface area contributed by atoms with Crippen LogP contribution in [0.1, 0.15) is 25.0 Å². The molecule has 55 heavy (non-hydrogen) atoms. The van der Waals surface area contributed by atoms with Crippen LogP contribution in [0.15, 0.2) is 182 Å². The Bertz CT molecular complexity index is 3390. The molecule has 0 saturated carbocycles. The summed E-state index contributed by atoms with van der Waals surface area (Å²) in [6.45, 7) is 4.85. The van der Waals surface area contributed by atoms with E-state index in [9.17, 15) is 0 Å². The summed E-state index contributed by atoms with van der Waals surface area (Å²) >= 11 is 0. The van der Waals surface area contributed by atoms with E-state index in [2.05, 4.69) is 196 Å². The quantitative estimate of drug-likeness (QED) is 0.125. The molecule has 0 aliphatic heterocycles. The first-order valence-electron chi connectivity index (χ1n) is 19.4. The lowest BCUT2D eigenvalue weighted by Crippen LogP contribution is -2.15. The molecule has 0 heteroatoms. The minimum atomic E-state index is -0.177. The fourth-order valence-corrected chi connectivity index (χ4v) is 10.5. The van der Waals surface area contributed by atoms with E-state index in [1.807, 2.05) is 0 Å². The van der Waals surface area contributed by atoms with Gasteiger partial charge in [-0.25, -0.2) is 0 Å². The fraction of sp³-hybridized carbons (Fsp3) is 0.0545. The van der Waals surface area contributed by atoms with Crippen molar-refractivity contribution in [3.05, 3.63) is 193 Å². The molecule has 11 aromatic carbocycles. The Kier molecular flexibility index (Phi) is 6.21. The predicted octanol–water partition coefficient (Wildman–Crippen LogP) is 15.4. The van der Waals surface area contributed by atoms with Gasteiger partial charge in [-0.15, -0.1) is 0 Å². The second-order valence-corrected chi connectivity index (χ2v) is 15.9. The van der Waals surface area contributed by atoms with Crippen LogP contribution in [0.3, 0.4) is 0 Å². The van der Waals surface area contributed by atoms with Crippen molar-refractivity contribution in [3.63, 3.8) is 0 Å². The smallest absolute Gasteiger partial charge is 0.0165 e. The second-order valence-electron chi connectivity index (χ2n) is 15.9. The second kappa shape index (κ2) is 11.1. The van der Waals surface area contributed by atoms with Crippen LogP contribution in [-0.4, -0.2) is 0 Å². The zero-order chi connectivity index (χ0) is 36.4. The molecule has 0 spiro atoms. The highest BCUT2D eigenvalue weighted by Crippen LogP contribution is 2.58. The van der Waals surface area contributed by atoms with Crippen molar-refractivity contribution in [2.24, 2.45) is 0 Å². The Labute approximate surface area is 319 Å². The van der Waals surface area contributed by atoms with Gasteiger partial charge in [0.25, 0.3) is 0 Å². The summed E-state index contributed by atoms with van der Waals surface area (Å²) in [7, 11) is 0. The van der Waals surface area contributed by atoms with E-state index in [1.54, 1.807) is 0 Å². The molecule has 0 bridgehead atoms. The summed E-state index contributed by atoms with van der Waals surface area (Å²) in [5, 5.41) is 18.2. The predicted molar refractivity (Wildman–Crippen MR) is 237 cm³/mol. The highest BCUT2D eigenvalue weighted by molar-refractivity contribution is 6.29. The maximum Gasteiger partial charge on any atom is 0.0165 e. The minimum Gasteiger partial charge on any atom is -0.0616 e. The number of benzene rings is 11. The first-order chi connectivity index (χ1) is 27.1. The monoisotopic (exact) mass is 696 g/mol. The topological polar surface area (TPSA) is 0 Å². The summed E-state index contributed by atoms with van der Waals surface area (Å²) < 4.78 is 0. The molecule has 11 aromatic rings. The summed E-state index contributed by atoms with van der Waals surface area (Å²) in [6, 6.07) is 68.3. The van der Waals surface area contributed by atoms with Gasteiger partial charge in [0, 0.05) is 5.41 Å². The highest BCUT2D eigenvalue weighted by Gasteiger charge is 2.40. The van der Waals surface area contributed by atoms with Gasteiger partial charge in [0.15, 0.2) is 0 Å². The van der Waals surface area contributed by atoms with Gasteiger partial charge >= 0.3 is 0 Å². The molecule has 1 aliphatic carbocycles. The van der Waals surface area contributed by atoms with Crippen LogP contribution in [0.2, 0.25) is 0 Å². The van der Waals surface area contributed by atoms with Crippen molar-refractivity contribution >= 4 is 75.4 Å². The lowest BCUT2D eigenvalue weighted by molar-refractivity contribution is 0.666. The van der Waals surface area contributed by atoms with Crippen molar-refractivity contribution in [2.75, 3.05) is 0 Å². The van der Waals surface area contributed by atoms with Crippen LogP contribution in [0.5, 0.6) is 0 Å². The van der Waals surface area contributed by atoms with E-state index in [1.165, 1.54) is 120 Å². The van der Waals surface area contributed by atoms with E-state index in [-0.39, 0.29) is 5.41 Å². The number of rotatable bonds is 2. The molecule has 0 unspecified atom stereocenters. The molecule has 12 rings (SSSR count). The highest BCUT2D eigenvalue weighted by atomic mass is 14.4. The van der Waals surface area contributed by atoms with Gasteiger partial charge in [-0.1, -0.05) is 190 Å². The number of hydrogen-bond acceptors (Lipinski definition) is 0. The molecule has 256 valence electrons. The fourth-order valence-electron chi connectivity index (χ4n) is 10.5. The number of fused-ring (bicyclic) bond motifs is 15. The van der Waals surface area contributed by atoms with Gasteiger partial charge in [-0.2, -0.15) is 0 Å². The third-order valence-corrected chi connectivity index (χ3v) is 12.8. The van der Waals surface area contributed by atoms with Gasteiger partial charge in [-0.05, 0) is 126 Å². The first-order valence-corrected chi connectivity index (χ1v) is 19.4. The lowest BCUT2D eigenvalue weighted by atomic mass is 9.79. The Morgan fingerprint density at radius 3 is 1.38 bits per heavy atom. The van der Waals surface area contributed by atoms with Gasteiger partial charge in [0.05, 0.1) is 0 Å². The van der Waals surface area contributed by atoms with E-state index in [4.69, 9.17) is 0 Å². The van der Waals surface area contributed by atoms with Gasteiger partial charge in [-0.3, -0.25) is 0 Å². The largest absolute Gasteiger partial charge is 0.0616 e. The van der Waals surface area contributed by atoms with Crippen molar-refractivity contribution in [1.82, 2.24) is 0 Å². The standard InChI is InChI=1S/C55H36/c1-55(2)48-29-15-28-46(52(48)53-40-22-9-5-18-36(40)37-19-7-14-27-45(37)54(53)55)50-41-23-10-12-25-43(41)51(44-26-13-11-24-42(44)50)47-32-34-31-30-33-16-3-4-17-35(33)49(34)39-21-8-6-20-38(39)47/h3-32H,1-2H3. The number of hydrogen-bond donors (Lipinski definition) is 0. The first kappa shape index (κ1) is 30.7. The average molecular weight is 697 g/mol. The van der Waals surface area contributed by atoms with E-state index in [0.29, 0.717) is 0 Å². The maximum atomic E-state index is 2.45. The zero-order valence-corrected chi connectivity index (χ0v) is 30.8. The van der Waals surface area contributed by atoms with Crippen LogP contribution < -0.4 is 0 Å². The van der Waals surface area contributed by atoms with Gasteiger partial charge < -0.3 is 0 Å². The molecule has 0 fully saturated rings. The summed E-state index contributed by atoms with van der Waals surface area (Å²) in [5.74, 6) is 0. The van der Waals surface area contributed by atoms with Crippen LogP contribution in [0, 0.1) is 0 Å². The molecular formula is C55H36. The van der Waals surface area contributed by atoms with E-state index < -0.39 is 0 Å². The molecule has 0 N–H and O–H groups in total. The normalized spacial score (nSPS) is 13.4. The van der Waals surface area contributed by atoms with Crippen LogP contribution in [0.25, 0.3) is 109 Å². The van der Waals surface area contributed by atoms with Crippen molar-refractivity contribution in [3.8, 4) is 33.4 Å². The van der Waals surface area contributed by atoms with Crippen LogP contribution in [0.4, 0.5) is 0 Å².